The molecule has 0 spiro atoms. The van der Waals surface area contributed by atoms with E-state index in [1.165, 1.54) is 6.20 Å². The number of ketones is 1. The van der Waals surface area contributed by atoms with E-state index in [2.05, 4.69) is 4.98 Å². The summed E-state index contributed by atoms with van der Waals surface area (Å²) < 4.78 is 1.83. The Morgan fingerprint density at radius 2 is 2.00 bits per heavy atom. The first-order valence-corrected chi connectivity index (χ1v) is 7.61. The van der Waals surface area contributed by atoms with Gasteiger partial charge in [0.2, 0.25) is 0 Å². The standard InChI is InChI=1S/C17H20N2O2/c1-12-2-7-15-16(10-12)19(17(21)11-18-15)9-8-13-3-5-14(20)6-4-13/h2,7,10-11,13H,3-6,8-9H2,1H3. The number of rotatable bonds is 3. The number of aromatic nitrogens is 2. The fourth-order valence-corrected chi connectivity index (χ4v) is 3.10. The van der Waals surface area contributed by atoms with Crippen molar-refractivity contribution in [2.45, 2.75) is 45.6 Å². The molecule has 1 saturated carbocycles. The number of carbonyl (C=O) groups excluding carboxylic acids is 1. The number of aryl methyl sites for hydroxylation is 2. The summed E-state index contributed by atoms with van der Waals surface area (Å²) >= 11 is 0. The first-order chi connectivity index (χ1) is 10.1. The van der Waals surface area contributed by atoms with E-state index >= 15 is 0 Å². The molecular formula is C17H20N2O2. The molecular weight excluding hydrogens is 264 g/mol. The van der Waals surface area contributed by atoms with Gasteiger partial charge in [0.15, 0.2) is 0 Å². The van der Waals surface area contributed by atoms with Crippen LogP contribution in [0.25, 0.3) is 11.0 Å². The van der Waals surface area contributed by atoms with Crippen molar-refractivity contribution in [3.05, 3.63) is 40.3 Å². The topological polar surface area (TPSA) is 52.0 Å². The van der Waals surface area contributed by atoms with Crippen LogP contribution in [0.1, 0.15) is 37.7 Å². The lowest BCUT2D eigenvalue weighted by molar-refractivity contribution is -0.121. The molecule has 0 saturated heterocycles. The number of benzene rings is 1. The second kappa shape index (κ2) is 5.80. The van der Waals surface area contributed by atoms with Gasteiger partial charge in [0.05, 0.1) is 17.2 Å². The number of hydrogen-bond acceptors (Lipinski definition) is 3. The summed E-state index contributed by atoms with van der Waals surface area (Å²) in [6.07, 6.45) is 5.71. The van der Waals surface area contributed by atoms with Gasteiger partial charge in [0, 0.05) is 19.4 Å². The molecule has 1 aliphatic rings. The van der Waals surface area contributed by atoms with E-state index in [1.54, 1.807) is 0 Å². The van der Waals surface area contributed by atoms with Gasteiger partial charge in [-0.2, -0.15) is 0 Å². The van der Waals surface area contributed by atoms with Gasteiger partial charge in [-0.1, -0.05) is 6.07 Å². The summed E-state index contributed by atoms with van der Waals surface area (Å²) in [4.78, 5) is 27.6. The van der Waals surface area contributed by atoms with Crippen LogP contribution in [0.2, 0.25) is 0 Å². The summed E-state index contributed by atoms with van der Waals surface area (Å²) in [7, 11) is 0. The molecule has 3 rings (SSSR count). The average molecular weight is 284 g/mol. The Kier molecular flexibility index (Phi) is 3.86. The fourth-order valence-electron chi connectivity index (χ4n) is 3.10. The Labute approximate surface area is 123 Å². The molecule has 1 aromatic carbocycles. The van der Waals surface area contributed by atoms with Crippen molar-refractivity contribution < 1.29 is 4.79 Å². The van der Waals surface area contributed by atoms with E-state index in [1.807, 2.05) is 29.7 Å². The van der Waals surface area contributed by atoms with Gasteiger partial charge < -0.3 is 4.57 Å². The number of hydrogen-bond donors (Lipinski definition) is 0. The lowest BCUT2D eigenvalue weighted by atomic mass is 9.86. The van der Waals surface area contributed by atoms with E-state index in [9.17, 15) is 9.59 Å². The van der Waals surface area contributed by atoms with E-state index in [0.717, 1.165) is 35.9 Å². The predicted octanol–water partition coefficient (Wildman–Crippen LogP) is 2.85. The van der Waals surface area contributed by atoms with Gasteiger partial charge in [-0.05, 0) is 49.8 Å². The maximum atomic E-state index is 12.1. The molecule has 0 aliphatic heterocycles. The zero-order chi connectivity index (χ0) is 14.8. The Morgan fingerprint density at radius 3 is 2.76 bits per heavy atom. The highest BCUT2D eigenvalue weighted by atomic mass is 16.1. The van der Waals surface area contributed by atoms with Gasteiger partial charge in [0.1, 0.15) is 5.78 Å². The van der Waals surface area contributed by atoms with Crippen molar-refractivity contribution in [2.75, 3.05) is 0 Å². The summed E-state index contributed by atoms with van der Waals surface area (Å²) in [6.45, 7) is 2.73. The third kappa shape index (κ3) is 3.04. The van der Waals surface area contributed by atoms with Gasteiger partial charge >= 0.3 is 0 Å². The van der Waals surface area contributed by atoms with Crippen molar-refractivity contribution in [3.63, 3.8) is 0 Å². The number of Topliss-reactive ketones (excluding diaryl/α,β-unsaturated/α-hetero) is 1. The lowest BCUT2D eigenvalue weighted by Gasteiger charge is -2.21. The highest BCUT2D eigenvalue weighted by Crippen LogP contribution is 2.25. The fraction of sp³-hybridized carbons (Fsp3) is 0.471. The minimum Gasteiger partial charge on any atom is -0.305 e. The molecule has 0 bridgehead atoms. The molecule has 1 fully saturated rings. The number of carbonyl (C=O) groups is 1. The van der Waals surface area contributed by atoms with E-state index in [4.69, 9.17) is 0 Å². The van der Waals surface area contributed by atoms with Crippen molar-refractivity contribution in [1.29, 1.82) is 0 Å². The SMILES string of the molecule is Cc1ccc2ncc(=O)n(CCC3CCC(=O)CC3)c2c1. The average Bonchev–Trinajstić information content (AvgIpc) is 2.48. The Balaban J connectivity index is 1.83. The minimum atomic E-state index is -0.0417. The van der Waals surface area contributed by atoms with Gasteiger partial charge in [0.25, 0.3) is 5.56 Å². The van der Waals surface area contributed by atoms with Gasteiger partial charge in [-0.25, -0.2) is 4.98 Å². The third-order valence-electron chi connectivity index (χ3n) is 4.43. The molecule has 0 unspecified atom stereocenters. The van der Waals surface area contributed by atoms with E-state index < -0.39 is 0 Å². The highest BCUT2D eigenvalue weighted by Gasteiger charge is 2.18. The first kappa shape index (κ1) is 14.0. The molecule has 0 N–H and O–H groups in total. The summed E-state index contributed by atoms with van der Waals surface area (Å²) in [5.41, 5.74) is 2.86. The quantitative estimate of drug-likeness (QED) is 0.871. The second-order valence-corrected chi connectivity index (χ2v) is 6.01. The second-order valence-electron chi connectivity index (χ2n) is 6.01. The van der Waals surface area contributed by atoms with Gasteiger partial charge in [-0.3, -0.25) is 9.59 Å². The normalized spacial score (nSPS) is 16.5. The molecule has 1 aromatic heterocycles. The summed E-state index contributed by atoms with van der Waals surface area (Å²) in [5.74, 6) is 0.941. The smallest absolute Gasteiger partial charge is 0.269 e. The first-order valence-electron chi connectivity index (χ1n) is 7.61. The molecule has 1 aliphatic carbocycles. The largest absolute Gasteiger partial charge is 0.305 e. The summed E-state index contributed by atoms with van der Waals surface area (Å²) in [5, 5.41) is 0. The third-order valence-corrected chi connectivity index (χ3v) is 4.43. The summed E-state index contributed by atoms with van der Waals surface area (Å²) in [6, 6.07) is 5.99. The molecule has 4 heteroatoms. The Hall–Kier alpha value is -1.97. The molecule has 1 heterocycles. The lowest BCUT2D eigenvalue weighted by Crippen LogP contribution is -2.23. The molecule has 2 aromatic rings. The van der Waals surface area contributed by atoms with Crippen LogP contribution >= 0.6 is 0 Å². The molecule has 110 valence electrons. The minimum absolute atomic E-state index is 0.0417. The van der Waals surface area contributed by atoms with Crippen LogP contribution in [0, 0.1) is 12.8 Å². The van der Waals surface area contributed by atoms with Crippen molar-refractivity contribution in [3.8, 4) is 0 Å². The molecule has 0 radical (unpaired) electrons. The van der Waals surface area contributed by atoms with Crippen molar-refractivity contribution >= 4 is 16.8 Å². The Bertz CT molecular complexity index is 723. The van der Waals surface area contributed by atoms with Crippen LogP contribution < -0.4 is 5.56 Å². The molecule has 4 nitrogen and oxygen atoms in total. The van der Waals surface area contributed by atoms with E-state index in [-0.39, 0.29) is 5.56 Å². The molecule has 21 heavy (non-hydrogen) atoms. The van der Waals surface area contributed by atoms with Crippen LogP contribution in [0.5, 0.6) is 0 Å². The van der Waals surface area contributed by atoms with Crippen LogP contribution in [-0.2, 0) is 11.3 Å². The Morgan fingerprint density at radius 1 is 1.24 bits per heavy atom. The van der Waals surface area contributed by atoms with Gasteiger partial charge in [-0.15, -0.1) is 0 Å². The maximum absolute atomic E-state index is 12.1. The maximum Gasteiger partial charge on any atom is 0.269 e. The van der Waals surface area contributed by atoms with Crippen LogP contribution in [-0.4, -0.2) is 15.3 Å². The number of nitrogens with zero attached hydrogens (tertiary/aromatic N) is 2. The highest BCUT2D eigenvalue weighted by molar-refractivity contribution is 5.79. The van der Waals surface area contributed by atoms with Crippen LogP contribution in [0.15, 0.2) is 29.2 Å². The van der Waals surface area contributed by atoms with Crippen molar-refractivity contribution in [2.24, 2.45) is 5.92 Å². The van der Waals surface area contributed by atoms with Crippen LogP contribution in [0.3, 0.4) is 0 Å². The zero-order valence-corrected chi connectivity index (χ0v) is 12.3. The van der Waals surface area contributed by atoms with Crippen molar-refractivity contribution in [1.82, 2.24) is 9.55 Å². The molecule has 0 atom stereocenters. The number of fused-ring (bicyclic) bond motifs is 1. The monoisotopic (exact) mass is 284 g/mol. The predicted molar refractivity (Wildman–Crippen MR) is 82.3 cm³/mol. The zero-order valence-electron chi connectivity index (χ0n) is 12.3. The van der Waals surface area contributed by atoms with Crippen LogP contribution in [0.4, 0.5) is 0 Å². The van der Waals surface area contributed by atoms with E-state index in [0.29, 0.717) is 31.1 Å². The molecule has 0 amide bonds.